The maximum atomic E-state index is 12.1. The van der Waals surface area contributed by atoms with Crippen LogP contribution in [0.3, 0.4) is 0 Å². The van der Waals surface area contributed by atoms with Gasteiger partial charge in [0.25, 0.3) is 0 Å². The lowest BCUT2D eigenvalue weighted by Gasteiger charge is -2.47. The van der Waals surface area contributed by atoms with Gasteiger partial charge in [0.05, 0.1) is 5.60 Å². The average Bonchev–Trinajstić information content (AvgIpc) is 2.25. The standard InChI is InChI=1S/C11H21NO2S/c1-9(8-12)15(13)10-3-6-14-11(7-10)4-2-5-11/h9-10H,2-8,12H2,1H3. The van der Waals surface area contributed by atoms with E-state index in [4.69, 9.17) is 10.5 Å². The lowest BCUT2D eigenvalue weighted by Crippen LogP contribution is -2.49. The molecule has 1 aliphatic carbocycles. The van der Waals surface area contributed by atoms with E-state index in [-0.39, 0.29) is 10.9 Å². The molecule has 1 saturated heterocycles. The molecule has 0 aromatic rings. The van der Waals surface area contributed by atoms with Crippen LogP contribution in [-0.2, 0) is 15.5 Å². The second-order valence-electron chi connectivity index (χ2n) is 4.87. The van der Waals surface area contributed by atoms with Crippen LogP contribution in [0.2, 0.25) is 0 Å². The Morgan fingerprint density at radius 3 is 2.87 bits per heavy atom. The Hall–Kier alpha value is 0.0700. The van der Waals surface area contributed by atoms with Crippen LogP contribution in [-0.4, -0.2) is 33.5 Å². The summed E-state index contributed by atoms with van der Waals surface area (Å²) >= 11 is 0. The highest BCUT2D eigenvalue weighted by Gasteiger charge is 2.44. The molecule has 2 N–H and O–H groups in total. The van der Waals surface area contributed by atoms with E-state index in [1.165, 1.54) is 6.42 Å². The molecule has 0 aromatic carbocycles. The highest BCUT2D eigenvalue weighted by molar-refractivity contribution is 7.86. The van der Waals surface area contributed by atoms with Gasteiger partial charge in [0.2, 0.25) is 0 Å². The molecule has 1 aliphatic heterocycles. The summed E-state index contributed by atoms with van der Waals surface area (Å²) in [7, 11) is -0.771. The zero-order valence-corrected chi connectivity index (χ0v) is 10.2. The Balaban J connectivity index is 1.95. The predicted molar refractivity (Wildman–Crippen MR) is 62.2 cm³/mol. The van der Waals surface area contributed by atoms with Crippen LogP contribution in [0.4, 0.5) is 0 Å². The number of nitrogens with two attached hydrogens (primary N) is 1. The van der Waals surface area contributed by atoms with Crippen molar-refractivity contribution < 1.29 is 8.95 Å². The molecule has 2 aliphatic rings. The van der Waals surface area contributed by atoms with Crippen LogP contribution in [0.5, 0.6) is 0 Å². The molecule has 0 radical (unpaired) electrons. The minimum atomic E-state index is -0.771. The van der Waals surface area contributed by atoms with E-state index in [0.717, 1.165) is 32.3 Å². The number of ether oxygens (including phenoxy) is 1. The number of rotatable bonds is 3. The first kappa shape index (κ1) is 11.6. The van der Waals surface area contributed by atoms with Crippen molar-refractivity contribution in [3.63, 3.8) is 0 Å². The maximum absolute atomic E-state index is 12.1. The second-order valence-corrected chi connectivity index (χ2v) is 7.00. The zero-order chi connectivity index (χ0) is 10.9. The lowest BCUT2D eigenvalue weighted by atomic mass is 9.75. The SMILES string of the molecule is CC(CN)S(=O)C1CCOC2(CCC2)C1. The van der Waals surface area contributed by atoms with Crippen molar-refractivity contribution in [3.05, 3.63) is 0 Å². The van der Waals surface area contributed by atoms with Gasteiger partial charge in [-0.05, 0) is 39.0 Å². The summed E-state index contributed by atoms with van der Waals surface area (Å²) in [5, 5.41) is 0.447. The molecule has 3 nitrogen and oxygen atoms in total. The van der Waals surface area contributed by atoms with Crippen LogP contribution >= 0.6 is 0 Å². The topological polar surface area (TPSA) is 52.3 Å². The Morgan fingerprint density at radius 1 is 1.60 bits per heavy atom. The molecule has 3 atom stereocenters. The minimum Gasteiger partial charge on any atom is -0.375 e. The Bertz CT molecular complexity index is 253. The van der Waals surface area contributed by atoms with Crippen LogP contribution < -0.4 is 5.73 Å². The molecule has 0 bridgehead atoms. The van der Waals surface area contributed by atoms with Crippen LogP contribution in [0.25, 0.3) is 0 Å². The van der Waals surface area contributed by atoms with E-state index in [9.17, 15) is 4.21 Å². The molecule has 2 fully saturated rings. The molecule has 4 heteroatoms. The van der Waals surface area contributed by atoms with Crippen molar-refractivity contribution in [2.24, 2.45) is 5.73 Å². The summed E-state index contributed by atoms with van der Waals surface area (Å²) in [5.41, 5.74) is 5.67. The van der Waals surface area contributed by atoms with Crippen LogP contribution in [0.1, 0.15) is 39.0 Å². The second kappa shape index (κ2) is 4.52. The molecular weight excluding hydrogens is 210 g/mol. The van der Waals surface area contributed by atoms with Crippen LogP contribution in [0, 0.1) is 0 Å². The van der Waals surface area contributed by atoms with Gasteiger partial charge in [-0.1, -0.05) is 0 Å². The lowest BCUT2D eigenvalue weighted by molar-refractivity contribution is -0.125. The third-order valence-corrected chi connectivity index (χ3v) is 5.81. The van der Waals surface area contributed by atoms with Crippen molar-refractivity contribution in [3.8, 4) is 0 Å². The molecule has 1 saturated carbocycles. The van der Waals surface area contributed by atoms with Crippen molar-refractivity contribution in [2.45, 2.75) is 55.1 Å². The molecule has 0 aromatic heterocycles. The molecular formula is C11H21NO2S. The first-order valence-electron chi connectivity index (χ1n) is 5.90. The van der Waals surface area contributed by atoms with E-state index in [1.54, 1.807) is 0 Å². The van der Waals surface area contributed by atoms with Gasteiger partial charge in [0.1, 0.15) is 0 Å². The molecule has 88 valence electrons. The highest BCUT2D eigenvalue weighted by atomic mass is 32.2. The Kier molecular flexibility index (Phi) is 3.48. The zero-order valence-electron chi connectivity index (χ0n) is 9.41. The fourth-order valence-corrected chi connectivity index (χ4v) is 4.17. The monoisotopic (exact) mass is 231 g/mol. The quantitative estimate of drug-likeness (QED) is 0.793. The molecule has 2 rings (SSSR count). The first-order valence-corrected chi connectivity index (χ1v) is 7.18. The van der Waals surface area contributed by atoms with Gasteiger partial charge < -0.3 is 10.5 Å². The number of hydrogen-bond acceptors (Lipinski definition) is 3. The minimum absolute atomic E-state index is 0.104. The van der Waals surface area contributed by atoms with Gasteiger partial charge in [-0.15, -0.1) is 0 Å². The van der Waals surface area contributed by atoms with Crippen molar-refractivity contribution >= 4 is 10.8 Å². The van der Waals surface area contributed by atoms with Gasteiger partial charge in [-0.25, -0.2) is 0 Å². The smallest absolute Gasteiger partial charge is 0.0694 e. The van der Waals surface area contributed by atoms with E-state index >= 15 is 0 Å². The largest absolute Gasteiger partial charge is 0.375 e. The van der Waals surface area contributed by atoms with E-state index in [1.807, 2.05) is 6.92 Å². The van der Waals surface area contributed by atoms with E-state index in [2.05, 4.69) is 0 Å². The summed E-state index contributed by atoms with van der Waals surface area (Å²) in [5.74, 6) is 0. The summed E-state index contributed by atoms with van der Waals surface area (Å²) in [4.78, 5) is 0. The third kappa shape index (κ3) is 2.27. The number of hydrogen-bond donors (Lipinski definition) is 1. The Labute approximate surface area is 94.2 Å². The summed E-state index contributed by atoms with van der Waals surface area (Å²) in [6, 6.07) is 0. The van der Waals surface area contributed by atoms with Crippen molar-refractivity contribution in [2.75, 3.05) is 13.2 Å². The summed E-state index contributed by atoms with van der Waals surface area (Å²) in [6.45, 7) is 3.30. The summed E-state index contributed by atoms with van der Waals surface area (Å²) in [6.07, 6.45) is 5.53. The molecule has 15 heavy (non-hydrogen) atoms. The average molecular weight is 231 g/mol. The summed E-state index contributed by atoms with van der Waals surface area (Å²) < 4.78 is 18.0. The van der Waals surface area contributed by atoms with Gasteiger partial charge in [0, 0.05) is 34.5 Å². The van der Waals surface area contributed by atoms with Crippen LogP contribution in [0.15, 0.2) is 0 Å². The van der Waals surface area contributed by atoms with E-state index in [0.29, 0.717) is 11.8 Å². The van der Waals surface area contributed by atoms with Gasteiger partial charge >= 0.3 is 0 Å². The predicted octanol–water partition coefficient (Wildman–Crippen LogP) is 1.18. The molecule has 1 spiro atoms. The van der Waals surface area contributed by atoms with Crippen molar-refractivity contribution in [1.82, 2.24) is 0 Å². The molecule has 1 heterocycles. The molecule has 0 amide bonds. The fraction of sp³-hybridized carbons (Fsp3) is 1.00. The van der Waals surface area contributed by atoms with E-state index < -0.39 is 10.8 Å². The normalized spacial score (nSPS) is 33.3. The van der Waals surface area contributed by atoms with Crippen molar-refractivity contribution in [1.29, 1.82) is 0 Å². The Morgan fingerprint density at radius 2 is 2.33 bits per heavy atom. The maximum Gasteiger partial charge on any atom is 0.0694 e. The van der Waals surface area contributed by atoms with Gasteiger partial charge in [-0.3, -0.25) is 4.21 Å². The van der Waals surface area contributed by atoms with Gasteiger partial charge in [-0.2, -0.15) is 0 Å². The van der Waals surface area contributed by atoms with Gasteiger partial charge in [0.15, 0.2) is 0 Å². The fourth-order valence-electron chi connectivity index (χ4n) is 2.52. The highest BCUT2D eigenvalue weighted by Crippen LogP contribution is 2.43. The third-order valence-electron chi connectivity index (χ3n) is 3.77. The first-order chi connectivity index (χ1) is 7.17. The molecule has 3 unspecified atom stereocenters.